The molecule has 0 saturated heterocycles. The minimum absolute atomic E-state index is 0.0805. The van der Waals surface area contributed by atoms with Gasteiger partial charge in [0.25, 0.3) is 0 Å². The number of rotatable bonds is 5. The minimum atomic E-state index is -0.164. The van der Waals surface area contributed by atoms with Crippen molar-refractivity contribution in [3.63, 3.8) is 0 Å². The van der Waals surface area contributed by atoms with Gasteiger partial charge < -0.3 is 9.88 Å². The predicted molar refractivity (Wildman–Crippen MR) is 79.7 cm³/mol. The molecule has 108 valence electrons. The lowest BCUT2D eigenvalue weighted by atomic mass is 10.0. The number of hydrogen-bond donors (Lipinski definition) is 1. The highest BCUT2D eigenvalue weighted by molar-refractivity contribution is 5.47. The van der Waals surface area contributed by atoms with Crippen molar-refractivity contribution < 1.29 is 4.39 Å². The lowest BCUT2D eigenvalue weighted by Gasteiger charge is -2.19. The molecule has 0 saturated carbocycles. The summed E-state index contributed by atoms with van der Waals surface area (Å²) in [5.41, 5.74) is 2.61. The molecule has 2 rings (SSSR count). The Labute approximate surface area is 119 Å². The highest BCUT2D eigenvalue weighted by Crippen LogP contribution is 2.26. The first-order chi connectivity index (χ1) is 9.58. The summed E-state index contributed by atoms with van der Waals surface area (Å²) < 4.78 is 16.0. The van der Waals surface area contributed by atoms with Crippen molar-refractivity contribution in [3.8, 4) is 5.69 Å². The molecular weight excluding hydrogens is 253 g/mol. The van der Waals surface area contributed by atoms with E-state index in [-0.39, 0.29) is 11.9 Å². The SMILES string of the molecule is CCCc1nccn1-c1cc(C)c(F)cc1C(C)NC. The average Bonchev–Trinajstić information content (AvgIpc) is 2.89. The summed E-state index contributed by atoms with van der Waals surface area (Å²) in [7, 11) is 1.88. The second kappa shape index (κ2) is 6.18. The molecule has 0 aliphatic carbocycles. The molecule has 4 heteroatoms. The Bertz CT molecular complexity index is 589. The first kappa shape index (κ1) is 14.7. The maximum absolute atomic E-state index is 13.9. The fourth-order valence-corrected chi connectivity index (χ4v) is 2.35. The molecule has 1 unspecified atom stereocenters. The molecule has 1 aromatic heterocycles. The molecule has 1 heterocycles. The van der Waals surface area contributed by atoms with Gasteiger partial charge in [0.05, 0.1) is 5.69 Å². The van der Waals surface area contributed by atoms with E-state index in [2.05, 4.69) is 21.8 Å². The van der Waals surface area contributed by atoms with Crippen LogP contribution >= 0.6 is 0 Å². The summed E-state index contributed by atoms with van der Waals surface area (Å²) in [5, 5.41) is 3.18. The van der Waals surface area contributed by atoms with Crippen LogP contribution in [0.5, 0.6) is 0 Å². The topological polar surface area (TPSA) is 29.9 Å². The van der Waals surface area contributed by atoms with Crippen molar-refractivity contribution in [1.82, 2.24) is 14.9 Å². The molecule has 20 heavy (non-hydrogen) atoms. The maximum Gasteiger partial charge on any atom is 0.126 e. The van der Waals surface area contributed by atoms with Crippen molar-refractivity contribution >= 4 is 0 Å². The fourth-order valence-electron chi connectivity index (χ4n) is 2.35. The number of aryl methyl sites for hydroxylation is 2. The maximum atomic E-state index is 13.9. The van der Waals surface area contributed by atoms with Crippen LogP contribution in [0.15, 0.2) is 24.5 Å². The Balaban J connectivity index is 2.59. The molecule has 0 aliphatic rings. The largest absolute Gasteiger partial charge is 0.313 e. The van der Waals surface area contributed by atoms with Gasteiger partial charge in [-0.05, 0) is 50.6 Å². The predicted octanol–water partition coefficient (Wildman–Crippen LogP) is 3.55. The van der Waals surface area contributed by atoms with E-state index in [1.807, 2.05) is 26.2 Å². The molecule has 0 fully saturated rings. The van der Waals surface area contributed by atoms with Crippen LogP contribution in [0.4, 0.5) is 4.39 Å². The molecule has 1 atom stereocenters. The van der Waals surface area contributed by atoms with E-state index in [0.717, 1.165) is 29.9 Å². The van der Waals surface area contributed by atoms with Gasteiger partial charge in [-0.15, -0.1) is 0 Å². The molecular formula is C16H22FN3. The molecule has 0 amide bonds. The van der Waals surface area contributed by atoms with Gasteiger partial charge in [0, 0.05) is 24.9 Å². The van der Waals surface area contributed by atoms with Gasteiger partial charge in [0.1, 0.15) is 11.6 Å². The van der Waals surface area contributed by atoms with Gasteiger partial charge in [0.15, 0.2) is 0 Å². The monoisotopic (exact) mass is 275 g/mol. The quantitative estimate of drug-likeness (QED) is 0.904. The Morgan fingerprint density at radius 2 is 2.15 bits per heavy atom. The van der Waals surface area contributed by atoms with E-state index in [0.29, 0.717) is 5.56 Å². The van der Waals surface area contributed by atoms with Crippen LogP contribution < -0.4 is 5.32 Å². The van der Waals surface area contributed by atoms with Gasteiger partial charge >= 0.3 is 0 Å². The zero-order valence-corrected chi connectivity index (χ0v) is 12.6. The summed E-state index contributed by atoms with van der Waals surface area (Å²) in [6.45, 7) is 5.96. The summed E-state index contributed by atoms with van der Waals surface area (Å²) >= 11 is 0. The highest BCUT2D eigenvalue weighted by Gasteiger charge is 2.15. The Kier molecular flexibility index (Phi) is 4.55. The van der Waals surface area contributed by atoms with Gasteiger partial charge in [-0.2, -0.15) is 0 Å². The molecule has 1 aromatic carbocycles. The van der Waals surface area contributed by atoms with E-state index < -0.39 is 0 Å². The van der Waals surface area contributed by atoms with Crippen molar-refractivity contribution in [2.75, 3.05) is 7.05 Å². The van der Waals surface area contributed by atoms with Crippen molar-refractivity contribution in [2.24, 2.45) is 0 Å². The second-order valence-electron chi connectivity index (χ2n) is 5.13. The van der Waals surface area contributed by atoms with Crippen LogP contribution in [0, 0.1) is 12.7 Å². The summed E-state index contributed by atoms with van der Waals surface area (Å²) in [5.74, 6) is 0.853. The number of nitrogens with one attached hydrogen (secondary N) is 1. The van der Waals surface area contributed by atoms with Crippen LogP contribution in [-0.4, -0.2) is 16.6 Å². The van der Waals surface area contributed by atoms with E-state index in [1.165, 1.54) is 0 Å². The number of hydrogen-bond acceptors (Lipinski definition) is 2. The van der Waals surface area contributed by atoms with Gasteiger partial charge in [0.2, 0.25) is 0 Å². The third-order valence-electron chi connectivity index (χ3n) is 3.66. The normalized spacial score (nSPS) is 12.7. The van der Waals surface area contributed by atoms with E-state index in [4.69, 9.17) is 0 Å². The van der Waals surface area contributed by atoms with Crippen LogP contribution in [0.25, 0.3) is 5.69 Å². The summed E-state index contributed by atoms with van der Waals surface area (Å²) in [6, 6.07) is 3.61. The average molecular weight is 275 g/mol. The highest BCUT2D eigenvalue weighted by atomic mass is 19.1. The lowest BCUT2D eigenvalue weighted by molar-refractivity contribution is 0.598. The summed E-state index contributed by atoms with van der Waals surface area (Å²) in [6.07, 6.45) is 5.70. The number of aromatic nitrogens is 2. The number of benzene rings is 1. The Morgan fingerprint density at radius 1 is 1.40 bits per heavy atom. The van der Waals surface area contributed by atoms with Gasteiger partial charge in [-0.1, -0.05) is 6.92 Å². The smallest absolute Gasteiger partial charge is 0.126 e. The zero-order chi connectivity index (χ0) is 14.7. The minimum Gasteiger partial charge on any atom is -0.313 e. The van der Waals surface area contributed by atoms with Crippen LogP contribution in [0.1, 0.15) is 43.3 Å². The van der Waals surface area contributed by atoms with Crippen molar-refractivity contribution in [1.29, 1.82) is 0 Å². The van der Waals surface area contributed by atoms with Gasteiger partial charge in [-0.25, -0.2) is 9.37 Å². The fraction of sp³-hybridized carbons (Fsp3) is 0.438. The lowest BCUT2D eigenvalue weighted by Crippen LogP contribution is -2.16. The molecule has 1 N–H and O–H groups in total. The second-order valence-corrected chi connectivity index (χ2v) is 5.13. The molecule has 0 bridgehead atoms. The molecule has 2 aromatic rings. The third kappa shape index (κ3) is 2.75. The third-order valence-corrected chi connectivity index (χ3v) is 3.66. The standard InChI is InChI=1S/C16H22FN3/c1-5-6-16-19-7-8-20(16)15-9-11(2)14(17)10-13(15)12(3)18-4/h7-10,12,18H,5-6H2,1-4H3. The molecule has 0 aliphatic heterocycles. The van der Waals surface area contributed by atoms with Gasteiger partial charge in [-0.3, -0.25) is 0 Å². The van der Waals surface area contributed by atoms with Crippen LogP contribution in [0.3, 0.4) is 0 Å². The number of nitrogens with zero attached hydrogens (tertiary/aromatic N) is 2. The first-order valence-electron chi connectivity index (χ1n) is 7.08. The molecule has 0 spiro atoms. The van der Waals surface area contributed by atoms with E-state index in [1.54, 1.807) is 19.2 Å². The summed E-state index contributed by atoms with van der Waals surface area (Å²) in [4.78, 5) is 4.41. The van der Waals surface area contributed by atoms with Crippen LogP contribution in [-0.2, 0) is 6.42 Å². The van der Waals surface area contributed by atoms with E-state index in [9.17, 15) is 4.39 Å². The molecule has 0 radical (unpaired) electrons. The first-order valence-corrected chi connectivity index (χ1v) is 7.08. The Morgan fingerprint density at radius 3 is 2.80 bits per heavy atom. The number of halogens is 1. The molecule has 3 nitrogen and oxygen atoms in total. The zero-order valence-electron chi connectivity index (χ0n) is 12.6. The Hall–Kier alpha value is -1.68. The van der Waals surface area contributed by atoms with Crippen LogP contribution in [0.2, 0.25) is 0 Å². The van der Waals surface area contributed by atoms with Crippen molar-refractivity contribution in [2.45, 2.75) is 39.7 Å². The van der Waals surface area contributed by atoms with E-state index >= 15 is 0 Å². The van der Waals surface area contributed by atoms with Crippen molar-refractivity contribution in [3.05, 3.63) is 47.3 Å². The number of imidazole rings is 1.